The van der Waals surface area contributed by atoms with Gasteiger partial charge >= 0.3 is 0 Å². The van der Waals surface area contributed by atoms with Crippen molar-refractivity contribution in [3.05, 3.63) is 60.0 Å². The Bertz CT molecular complexity index is 714. The van der Waals surface area contributed by atoms with E-state index in [9.17, 15) is 0 Å². The molecular weight excluding hydrogens is 222 g/mol. The van der Waals surface area contributed by atoms with Gasteiger partial charge in [-0.05, 0) is 23.3 Å². The molecule has 0 unspecified atom stereocenters. The number of pyridine rings is 1. The SMILES string of the molecule is c1cncc(-c2n[nH]c3c2-c2ccccc2C3)c1. The lowest BCUT2D eigenvalue weighted by atomic mass is 10.0. The molecule has 3 heteroatoms. The number of nitrogens with one attached hydrogen (secondary N) is 1. The summed E-state index contributed by atoms with van der Waals surface area (Å²) in [5.41, 5.74) is 7.16. The summed E-state index contributed by atoms with van der Waals surface area (Å²) >= 11 is 0. The molecular formula is C15H11N3. The summed E-state index contributed by atoms with van der Waals surface area (Å²) in [5, 5.41) is 7.60. The minimum atomic E-state index is 0.943. The Balaban J connectivity index is 1.97. The predicted octanol–water partition coefficient (Wildman–Crippen LogP) is 3.04. The summed E-state index contributed by atoms with van der Waals surface area (Å²) < 4.78 is 0. The van der Waals surface area contributed by atoms with E-state index in [4.69, 9.17) is 0 Å². The van der Waals surface area contributed by atoms with Crippen LogP contribution in [0.3, 0.4) is 0 Å². The third-order valence-electron chi connectivity index (χ3n) is 3.43. The van der Waals surface area contributed by atoms with Crippen LogP contribution in [0.4, 0.5) is 0 Å². The molecule has 3 nitrogen and oxygen atoms in total. The molecule has 1 aliphatic carbocycles. The number of hydrogen-bond acceptors (Lipinski definition) is 2. The number of hydrogen-bond donors (Lipinski definition) is 1. The highest BCUT2D eigenvalue weighted by Gasteiger charge is 2.24. The van der Waals surface area contributed by atoms with E-state index >= 15 is 0 Å². The normalized spacial score (nSPS) is 12.2. The highest BCUT2D eigenvalue weighted by atomic mass is 15.1. The van der Waals surface area contributed by atoms with Crippen molar-refractivity contribution >= 4 is 0 Å². The van der Waals surface area contributed by atoms with Gasteiger partial charge in [-0.25, -0.2) is 0 Å². The molecule has 0 saturated heterocycles. The Labute approximate surface area is 105 Å². The van der Waals surface area contributed by atoms with Gasteiger partial charge < -0.3 is 0 Å². The Hall–Kier alpha value is -2.42. The highest BCUT2D eigenvalue weighted by Crippen LogP contribution is 2.41. The van der Waals surface area contributed by atoms with Gasteiger partial charge in [-0.2, -0.15) is 5.10 Å². The summed E-state index contributed by atoms with van der Waals surface area (Å²) in [5.74, 6) is 0. The summed E-state index contributed by atoms with van der Waals surface area (Å²) in [4.78, 5) is 4.17. The standard InChI is InChI=1S/C15H11N3/c1-2-6-12-10(4-1)8-13-14(12)15(18-17-13)11-5-3-7-16-9-11/h1-7,9H,8H2,(H,17,18). The maximum atomic E-state index is 4.44. The fourth-order valence-electron chi connectivity index (χ4n) is 2.62. The number of fused-ring (bicyclic) bond motifs is 3. The highest BCUT2D eigenvalue weighted by molar-refractivity contribution is 5.87. The van der Waals surface area contributed by atoms with Crippen molar-refractivity contribution in [3.63, 3.8) is 0 Å². The smallest absolute Gasteiger partial charge is 0.102 e. The van der Waals surface area contributed by atoms with Crippen molar-refractivity contribution in [3.8, 4) is 22.4 Å². The molecule has 4 rings (SSSR count). The molecule has 0 aliphatic heterocycles. The zero-order chi connectivity index (χ0) is 11.9. The van der Waals surface area contributed by atoms with Gasteiger partial charge in [0.1, 0.15) is 5.69 Å². The monoisotopic (exact) mass is 233 g/mol. The quantitative estimate of drug-likeness (QED) is 0.549. The Kier molecular flexibility index (Phi) is 1.88. The molecule has 2 heterocycles. The van der Waals surface area contributed by atoms with E-state index in [1.54, 1.807) is 6.20 Å². The maximum absolute atomic E-state index is 4.44. The maximum Gasteiger partial charge on any atom is 0.102 e. The first-order chi connectivity index (χ1) is 8.93. The molecule has 0 fully saturated rings. The second-order valence-electron chi connectivity index (χ2n) is 4.50. The molecule has 2 aromatic heterocycles. The van der Waals surface area contributed by atoms with E-state index in [2.05, 4.69) is 39.4 Å². The molecule has 3 aromatic rings. The van der Waals surface area contributed by atoms with E-state index in [1.807, 2.05) is 18.3 Å². The summed E-state index contributed by atoms with van der Waals surface area (Å²) in [6.07, 6.45) is 4.58. The lowest BCUT2D eigenvalue weighted by Crippen LogP contribution is -1.85. The molecule has 0 amide bonds. The molecule has 0 bridgehead atoms. The number of nitrogens with zero attached hydrogens (tertiary/aromatic N) is 2. The number of H-pyrrole nitrogens is 1. The van der Waals surface area contributed by atoms with E-state index in [0.29, 0.717) is 0 Å². The average Bonchev–Trinajstić information content (AvgIpc) is 2.98. The van der Waals surface area contributed by atoms with Crippen LogP contribution in [-0.2, 0) is 6.42 Å². The zero-order valence-electron chi connectivity index (χ0n) is 9.72. The van der Waals surface area contributed by atoms with Gasteiger partial charge in [-0.1, -0.05) is 24.3 Å². The van der Waals surface area contributed by atoms with Crippen molar-refractivity contribution in [2.24, 2.45) is 0 Å². The third-order valence-corrected chi connectivity index (χ3v) is 3.43. The number of aromatic amines is 1. The van der Waals surface area contributed by atoms with Crippen molar-refractivity contribution in [1.82, 2.24) is 15.2 Å². The van der Waals surface area contributed by atoms with Crippen LogP contribution >= 0.6 is 0 Å². The van der Waals surface area contributed by atoms with Crippen LogP contribution in [-0.4, -0.2) is 15.2 Å². The summed E-state index contributed by atoms with van der Waals surface area (Å²) in [6, 6.07) is 12.5. The second kappa shape index (κ2) is 3.53. The van der Waals surface area contributed by atoms with Crippen molar-refractivity contribution in [2.75, 3.05) is 0 Å². The van der Waals surface area contributed by atoms with E-state index in [0.717, 1.165) is 17.7 Å². The zero-order valence-corrected chi connectivity index (χ0v) is 9.72. The van der Waals surface area contributed by atoms with Gasteiger partial charge in [0, 0.05) is 35.6 Å². The first kappa shape index (κ1) is 9.59. The van der Waals surface area contributed by atoms with Crippen LogP contribution in [0.2, 0.25) is 0 Å². The molecule has 0 spiro atoms. The summed E-state index contributed by atoms with van der Waals surface area (Å²) in [6.45, 7) is 0. The van der Waals surface area contributed by atoms with Gasteiger partial charge in [-0.15, -0.1) is 0 Å². The van der Waals surface area contributed by atoms with Crippen LogP contribution in [0.25, 0.3) is 22.4 Å². The van der Waals surface area contributed by atoms with Crippen molar-refractivity contribution in [2.45, 2.75) is 6.42 Å². The fourth-order valence-corrected chi connectivity index (χ4v) is 2.62. The Morgan fingerprint density at radius 2 is 2.00 bits per heavy atom. The Morgan fingerprint density at radius 3 is 2.89 bits per heavy atom. The number of rotatable bonds is 1. The first-order valence-electron chi connectivity index (χ1n) is 5.99. The minimum Gasteiger partial charge on any atom is -0.281 e. The van der Waals surface area contributed by atoms with E-state index in [-0.39, 0.29) is 0 Å². The van der Waals surface area contributed by atoms with Crippen LogP contribution < -0.4 is 0 Å². The average molecular weight is 233 g/mol. The lowest BCUT2D eigenvalue weighted by Gasteiger charge is -2.02. The van der Waals surface area contributed by atoms with Crippen LogP contribution in [0, 0.1) is 0 Å². The van der Waals surface area contributed by atoms with Gasteiger partial charge in [0.25, 0.3) is 0 Å². The van der Waals surface area contributed by atoms with Crippen molar-refractivity contribution < 1.29 is 0 Å². The summed E-state index contributed by atoms with van der Waals surface area (Å²) in [7, 11) is 0. The molecule has 1 N–H and O–H groups in total. The van der Waals surface area contributed by atoms with Gasteiger partial charge in [0.05, 0.1) is 0 Å². The molecule has 1 aromatic carbocycles. The fraction of sp³-hybridized carbons (Fsp3) is 0.0667. The predicted molar refractivity (Wildman–Crippen MR) is 70.1 cm³/mol. The molecule has 18 heavy (non-hydrogen) atoms. The number of benzene rings is 1. The molecule has 86 valence electrons. The van der Waals surface area contributed by atoms with Crippen LogP contribution in [0.5, 0.6) is 0 Å². The van der Waals surface area contributed by atoms with E-state index < -0.39 is 0 Å². The first-order valence-corrected chi connectivity index (χ1v) is 5.99. The Morgan fingerprint density at radius 1 is 1.06 bits per heavy atom. The third kappa shape index (κ3) is 1.24. The molecule has 0 radical (unpaired) electrons. The number of aromatic nitrogens is 3. The minimum absolute atomic E-state index is 0.943. The van der Waals surface area contributed by atoms with Gasteiger partial charge in [0.2, 0.25) is 0 Å². The van der Waals surface area contributed by atoms with Gasteiger partial charge in [-0.3, -0.25) is 10.1 Å². The van der Waals surface area contributed by atoms with Crippen molar-refractivity contribution in [1.29, 1.82) is 0 Å². The molecule has 0 saturated carbocycles. The lowest BCUT2D eigenvalue weighted by molar-refractivity contribution is 1.01. The second-order valence-corrected chi connectivity index (χ2v) is 4.50. The topological polar surface area (TPSA) is 41.6 Å². The van der Waals surface area contributed by atoms with Gasteiger partial charge in [0.15, 0.2) is 0 Å². The largest absolute Gasteiger partial charge is 0.281 e. The van der Waals surface area contributed by atoms with E-state index in [1.165, 1.54) is 22.4 Å². The molecule has 1 aliphatic rings. The molecule has 0 atom stereocenters. The van der Waals surface area contributed by atoms with Crippen LogP contribution in [0.15, 0.2) is 48.8 Å². The van der Waals surface area contributed by atoms with Crippen LogP contribution in [0.1, 0.15) is 11.3 Å².